The lowest BCUT2D eigenvalue weighted by Gasteiger charge is -2.24. The average Bonchev–Trinajstić information content (AvgIpc) is 3.08. The van der Waals surface area contributed by atoms with Crippen molar-refractivity contribution >= 4 is 43.5 Å². The summed E-state index contributed by atoms with van der Waals surface area (Å²) in [5.74, 6) is -1.12. The molecule has 0 amide bonds. The van der Waals surface area contributed by atoms with Gasteiger partial charge in [-0.15, -0.1) is 0 Å². The van der Waals surface area contributed by atoms with Gasteiger partial charge in [-0.2, -0.15) is 4.31 Å². The molecule has 0 saturated heterocycles. The van der Waals surface area contributed by atoms with E-state index >= 15 is 0 Å². The average molecular weight is 369 g/mol. The van der Waals surface area contributed by atoms with E-state index in [0.29, 0.717) is 22.3 Å². The molecule has 1 aliphatic carbocycles. The number of aliphatic carboxylic acids is 1. The van der Waals surface area contributed by atoms with Crippen molar-refractivity contribution < 1.29 is 18.3 Å². The lowest BCUT2D eigenvalue weighted by Crippen LogP contribution is -2.44. The van der Waals surface area contributed by atoms with Crippen LogP contribution in [-0.4, -0.2) is 36.4 Å². The molecule has 1 aliphatic rings. The lowest BCUT2D eigenvalue weighted by atomic mass is 10.3. The van der Waals surface area contributed by atoms with Crippen molar-refractivity contribution in [3.63, 3.8) is 0 Å². The summed E-state index contributed by atoms with van der Waals surface area (Å²) in [7, 11) is -2.59. The zero-order valence-corrected chi connectivity index (χ0v) is 13.1. The van der Waals surface area contributed by atoms with Gasteiger partial charge in [-0.25, -0.2) is 8.42 Å². The van der Waals surface area contributed by atoms with Crippen molar-refractivity contribution in [1.82, 2.24) is 4.31 Å². The number of likely N-dealkylation sites (N-methyl/N-ethyl adjacent to an activating group) is 1. The predicted octanol–water partition coefficient (Wildman–Crippen LogP) is 2.34. The fourth-order valence-electron chi connectivity index (χ4n) is 1.84. The Morgan fingerprint density at radius 1 is 1.47 bits per heavy atom. The van der Waals surface area contributed by atoms with Gasteiger partial charge in [0, 0.05) is 16.5 Å². The predicted molar refractivity (Wildman–Crippen MR) is 73.7 cm³/mol. The van der Waals surface area contributed by atoms with E-state index in [-0.39, 0.29) is 4.90 Å². The van der Waals surface area contributed by atoms with Gasteiger partial charge in [0.25, 0.3) is 0 Å². The topological polar surface area (TPSA) is 74.7 Å². The highest BCUT2D eigenvalue weighted by atomic mass is 79.9. The molecule has 0 atom stereocenters. The molecule has 2 rings (SSSR count). The van der Waals surface area contributed by atoms with E-state index < -0.39 is 21.5 Å². The van der Waals surface area contributed by atoms with Crippen LogP contribution in [0.25, 0.3) is 0 Å². The normalized spacial score (nSPS) is 17.5. The molecule has 19 heavy (non-hydrogen) atoms. The maximum atomic E-state index is 12.4. The van der Waals surface area contributed by atoms with Crippen LogP contribution in [0.15, 0.2) is 27.6 Å². The van der Waals surface area contributed by atoms with E-state index in [1.54, 1.807) is 0 Å². The largest absolute Gasteiger partial charge is 0.480 e. The number of carboxylic acid groups (broad SMARTS) is 1. The molecule has 1 aromatic carbocycles. The smallest absolute Gasteiger partial charge is 0.325 e. The van der Waals surface area contributed by atoms with Gasteiger partial charge in [0.15, 0.2) is 0 Å². The summed E-state index contributed by atoms with van der Waals surface area (Å²) >= 11 is 8.90. The van der Waals surface area contributed by atoms with Crippen molar-refractivity contribution in [2.75, 3.05) is 7.05 Å². The molecule has 1 saturated carbocycles. The first kappa shape index (κ1) is 14.8. The first-order valence-electron chi connectivity index (χ1n) is 5.39. The Kier molecular flexibility index (Phi) is 3.68. The summed E-state index contributed by atoms with van der Waals surface area (Å²) < 4.78 is 26.1. The second-order valence-corrected chi connectivity index (χ2v) is 7.61. The molecule has 0 aromatic heterocycles. The van der Waals surface area contributed by atoms with Gasteiger partial charge in [-0.1, -0.05) is 11.6 Å². The van der Waals surface area contributed by atoms with E-state index in [1.807, 2.05) is 0 Å². The quantitative estimate of drug-likeness (QED) is 0.885. The zero-order chi connectivity index (χ0) is 14.4. The van der Waals surface area contributed by atoms with Gasteiger partial charge >= 0.3 is 5.97 Å². The maximum Gasteiger partial charge on any atom is 0.325 e. The van der Waals surface area contributed by atoms with Crippen molar-refractivity contribution in [2.45, 2.75) is 23.3 Å². The molecule has 8 heteroatoms. The first-order chi connectivity index (χ1) is 8.71. The number of sulfonamides is 1. The van der Waals surface area contributed by atoms with E-state index in [1.165, 1.54) is 25.2 Å². The molecule has 1 fully saturated rings. The number of carbonyl (C=O) groups is 1. The summed E-state index contributed by atoms with van der Waals surface area (Å²) in [6.07, 6.45) is 0.645. The Labute approximate surface area is 124 Å². The van der Waals surface area contributed by atoms with Gasteiger partial charge in [0.05, 0.1) is 4.90 Å². The highest BCUT2D eigenvalue weighted by molar-refractivity contribution is 9.10. The Balaban J connectivity index is 2.46. The first-order valence-corrected chi connectivity index (χ1v) is 8.00. The Morgan fingerprint density at radius 3 is 2.47 bits per heavy atom. The van der Waals surface area contributed by atoms with Crippen LogP contribution >= 0.6 is 27.5 Å². The van der Waals surface area contributed by atoms with Crippen LogP contribution in [-0.2, 0) is 14.8 Å². The SMILES string of the molecule is CN(C1(C(=O)O)CC1)S(=O)(=O)c1ccc(Cl)cc1Br. The van der Waals surface area contributed by atoms with Gasteiger partial charge < -0.3 is 5.11 Å². The van der Waals surface area contributed by atoms with E-state index in [0.717, 1.165) is 4.31 Å². The third-order valence-electron chi connectivity index (χ3n) is 3.26. The molecule has 104 valence electrons. The van der Waals surface area contributed by atoms with Crippen molar-refractivity contribution in [3.8, 4) is 0 Å². The summed E-state index contributed by atoms with van der Waals surface area (Å²) in [4.78, 5) is 11.2. The van der Waals surface area contributed by atoms with Crippen molar-refractivity contribution in [3.05, 3.63) is 27.7 Å². The van der Waals surface area contributed by atoms with Gasteiger partial charge in [0.2, 0.25) is 10.0 Å². The maximum absolute atomic E-state index is 12.4. The molecule has 5 nitrogen and oxygen atoms in total. The fraction of sp³-hybridized carbons (Fsp3) is 0.364. The highest BCUT2D eigenvalue weighted by Crippen LogP contribution is 2.44. The number of benzene rings is 1. The molecular weight excluding hydrogens is 358 g/mol. The second-order valence-electron chi connectivity index (χ2n) is 4.38. The van der Waals surface area contributed by atoms with Crippen LogP contribution in [0.5, 0.6) is 0 Å². The van der Waals surface area contributed by atoms with Crippen LogP contribution in [0, 0.1) is 0 Å². The van der Waals surface area contributed by atoms with Crippen LogP contribution < -0.4 is 0 Å². The molecule has 1 N–H and O–H groups in total. The summed E-state index contributed by atoms with van der Waals surface area (Å²) in [5.41, 5.74) is -1.31. The van der Waals surface area contributed by atoms with Crippen molar-refractivity contribution in [2.24, 2.45) is 0 Å². The lowest BCUT2D eigenvalue weighted by molar-refractivity contribution is -0.142. The number of hydrogen-bond donors (Lipinski definition) is 1. The highest BCUT2D eigenvalue weighted by Gasteiger charge is 2.58. The van der Waals surface area contributed by atoms with Crippen LogP contribution in [0.4, 0.5) is 0 Å². The van der Waals surface area contributed by atoms with Crippen molar-refractivity contribution in [1.29, 1.82) is 0 Å². The molecule has 0 radical (unpaired) electrons. The third-order valence-corrected chi connectivity index (χ3v) is 6.39. The summed E-state index contributed by atoms with van der Waals surface area (Å²) in [6, 6.07) is 4.27. The minimum atomic E-state index is -3.88. The van der Waals surface area contributed by atoms with Gasteiger partial charge in [-0.05, 0) is 47.0 Å². The number of hydrogen-bond acceptors (Lipinski definition) is 3. The number of nitrogens with zero attached hydrogens (tertiary/aromatic N) is 1. The summed E-state index contributed by atoms with van der Waals surface area (Å²) in [5, 5.41) is 9.56. The molecule has 0 unspecified atom stereocenters. The van der Waals surface area contributed by atoms with Crippen LogP contribution in [0.2, 0.25) is 5.02 Å². The molecule has 1 aromatic rings. The van der Waals surface area contributed by atoms with E-state index in [4.69, 9.17) is 16.7 Å². The van der Waals surface area contributed by atoms with E-state index in [2.05, 4.69) is 15.9 Å². The molecule has 0 aliphatic heterocycles. The number of halogens is 2. The molecule has 0 heterocycles. The molecule has 0 bridgehead atoms. The minimum absolute atomic E-state index is 0.00641. The second kappa shape index (κ2) is 4.73. The van der Waals surface area contributed by atoms with Gasteiger partial charge in [0.1, 0.15) is 5.54 Å². The number of carboxylic acids is 1. The minimum Gasteiger partial charge on any atom is -0.480 e. The monoisotopic (exact) mass is 367 g/mol. The Morgan fingerprint density at radius 2 is 2.05 bits per heavy atom. The van der Waals surface area contributed by atoms with E-state index in [9.17, 15) is 13.2 Å². The van der Waals surface area contributed by atoms with Crippen LogP contribution in [0.1, 0.15) is 12.8 Å². The molecular formula is C11H11BrClNO4S. The Bertz CT molecular complexity index is 642. The van der Waals surface area contributed by atoms with Crippen LogP contribution in [0.3, 0.4) is 0 Å². The standard InChI is InChI=1S/C11H11BrClNO4S/c1-14(11(4-5-11)10(15)16)19(17,18)9-3-2-7(13)6-8(9)12/h2-3,6H,4-5H2,1H3,(H,15,16). The summed E-state index contributed by atoms with van der Waals surface area (Å²) in [6.45, 7) is 0. The number of rotatable bonds is 4. The fourth-order valence-corrected chi connectivity index (χ4v) is 4.70. The molecule has 0 spiro atoms. The third kappa shape index (κ3) is 2.40. The van der Waals surface area contributed by atoms with Gasteiger partial charge in [-0.3, -0.25) is 4.79 Å². The zero-order valence-electron chi connectivity index (χ0n) is 9.93. The Hall–Kier alpha value is -0.630.